The first-order valence-corrected chi connectivity index (χ1v) is 12.5. The van der Waals surface area contributed by atoms with Gasteiger partial charge in [-0.05, 0) is 69.0 Å². The summed E-state index contributed by atoms with van der Waals surface area (Å²) in [5.74, 6) is 2.11. The minimum Gasteiger partial charge on any atom is -0.353 e. The van der Waals surface area contributed by atoms with E-state index in [1.54, 1.807) is 0 Å². The standard InChI is InChI=1S/C27H35N5O/c1-21-9-5-6-12-25(21)29-26(33)22-13-17-30(18-14-22)20-23-19-28-32(24-10-3-2-4-11-24)27(23)31-15-7-8-16-31/h2-4,7-8,10-11,15-16,19,21-22,25H,5-6,9,12-14,17-18,20H2,1H3,(H,29,33). The Labute approximate surface area is 196 Å². The van der Waals surface area contributed by atoms with E-state index in [9.17, 15) is 4.79 Å². The highest BCUT2D eigenvalue weighted by Gasteiger charge is 2.29. The quantitative estimate of drug-likeness (QED) is 0.605. The van der Waals surface area contributed by atoms with Gasteiger partial charge < -0.3 is 9.88 Å². The van der Waals surface area contributed by atoms with Crippen molar-refractivity contribution in [3.63, 3.8) is 0 Å². The van der Waals surface area contributed by atoms with Crippen LogP contribution in [0, 0.1) is 11.8 Å². The summed E-state index contributed by atoms with van der Waals surface area (Å²) in [5.41, 5.74) is 2.26. The highest BCUT2D eigenvalue weighted by molar-refractivity contribution is 5.79. The third-order valence-electron chi connectivity index (χ3n) is 7.46. The topological polar surface area (TPSA) is 55.1 Å². The molecule has 6 heteroatoms. The molecule has 2 aliphatic rings. The second-order valence-electron chi connectivity index (χ2n) is 9.76. The number of rotatable bonds is 6. The first-order valence-electron chi connectivity index (χ1n) is 12.5. The fourth-order valence-electron chi connectivity index (χ4n) is 5.42. The molecule has 2 unspecified atom stereocenters. The molecule has 2 aromatic heterocycles. The van der Waals surface area contributed by atoms with Crippen LogP contribution in [0.15, 0.2) is 61.1 Å². The van der Waals surface area contributed by atoms with Crippen molar-refractivity contribution < 1.29 is 4.79 Å². The van der Waals surface area contributed by atoms with Crippen molar-refractivity contribution in [3.8, 4) is 11.5 Å². The van der Waals surface area contributed by atoms with Crippen LogP contribution >= 0.6 is 0 Å². The summed E-state index contributed by atoms with van der Waals surface area (Å²) in [6.07, 6.45) is 12.9. The van der Waals surface area contributed by atoms with Gasteiger partial charge in [-0.2, -0.15) is 5.10 Å². The molecular weight excluding hydrogens is 410 g/mol. The third-order valence-corrected chi connectivity index (χ3v) is 7.46. The van der Waals surface area contributed by atoms with Crippen molar-refractivity contribution in [1.29, 1.82) is 0 Å². The number of likely N-dealkylation sites (tertiary alicyclic amines) is 1. The minimum atomic E-state index is 0.145. The van der Waals surface area contributed by atoms with Crippen molar-refractivity contribution in [2.24, 2.45) is 11.8 Å². The van der Waals surface area contributed by atoms with Crippen LogP contribution in [0.4, 0.5) is 0 Å². The van der Waals surface area contributed by atoms with E-state index in [2.05, 4.69) is 46.2 Å². The van der Waals surface area contributed by atoms with E-state index in [0.29, 0.717) is 12.0 Å². The average Bonchev–Trinajstić information content (AvgIpc) is 3.51. The molecule has 1 amide bonds. The van der Waals surface area contributed by atoms with E-state index in [4.69, 9.17) is 5.10 Å². The summed E-state index contributed by atoms with van der Waals surface area (Å²) in [5, 5.41) is 8.11. The van der Waals surface area contributed by atoms with Crippen LogP contribution in [0.3, 0.4) is 0 Å². The molecule has 0 radical (unpaired) electrons. The van der Waals surface area contributed by atoms with Crippen LogP contribution in [-0.2, 0) is 11.3 Å². The fourth-order valence-corrected chi connectivity index (χ4v) is 5.42. The molecule has 3 aromatic rings. The zero-order chi connectivity index (χ0) is 22.6. The van der Waals surface area contributed by atoms with E-state index in [-0.39, 0.29) is 11.8 Å². The summed E-state index contributed by atoms with van der Waals surface area (Å²) >= 11 is 0. The SMILES string of the molecule is CC1CCCCC1NC(=O)C1CCN(Cc2cnn(-c3ccccc3)c2-n2cccc2)CC1. The van der Waals surface area contributed by atoms with Crippen molar-refractivity contribution in [1.82, 2.24) is 24.6 Å². The normalized spacial score (nSPS) is 22.3. The van der Waals surface area contributed by atoms with Gasteiger partial charge in [0.1, 0.15) is 5.82 Å². The van der Waals surface area contributed by atoms with Gasteiger partial charge in [0, 0.05) is 36.5 Å². The van der Waals surface area contributed by atoms with E-state index in [0.717, 1.165) is 50.4 Å². The lowest BCUT2D eigenvalue weighted by Gasteiger charge is -2.34. The van der Waals surface area contributed by atoms with Gasteiger partial charge in [-0.15, -0.1) is 0 Å². The number of para-hydroxylation sites is 1. The molecule has 5 rings (SSSR count). The molecule has 1 aromatic carbocycles. The first kappa shape index (κ1) is 22.0. The lowest BCUT2D eigenvalue weighted by Crippen LogP contribution is -2.46. The average molecular weight is 446 g/mol. The van der Waals surface area contributed by atoms with E-state index < -0.39 is 0 Å². The number of nitrogens with one attached hydrogen (secondary N) is 1. The van der Waals surface area contributed by atoms with Gasteiger partial charge in [0.2, 0.25) is 5.91 Å². The largest absolute Gasteiger partial charge is 0.353 e. The Morgan fingerprint density at radius 3 is 2.45 bits per heavy atom. The van der Waals surface area contributed by atoms with Crippen LogP contribution in [0.1, 0.15) is 51.0 Å². The lowest BCUT2D eigenvalue weighted by molar-refractivity contribution is -0.127. The number of hydrogen-bond donors (Lipinski definition) is 1. The predicted molar refractivity (Wildman–Crippen MR) is 130 cm³/mol. The Kier molecular flexibility index (Phi) is 6.63. The second-order valence-corrected chi connectivity index (χ2v) is 9.76. The molecular formula is C27H35N5O. The Hall–Kier alpha value is -2.86. The summed E-state index contributed by atoms with van der Waals surface area (Å²) < 4.78 is 4.15. The molecule has 2 fully saturated rings. The van der Waals surface area contributed by atoms with E-state index in [1.807, 2.05) is 41.2 Å². The molecule has 0 bridgehead atoms. The van der Waals surface area contributed by atoms with Gasteiger partial charge in [-0.25, -0.2) is 4.68 Å². The minimum absolute atomic E-state index is 0.145. The summed E-state index contributed by atoms with van der Waals surface area (Å²) in [7, 11) is 0. The molecule has 1 aliphatic heterocycles. The van der Waals surface area contributed by atoms with Crippen LogP contribution in [-0.4, -0.2) is 44.3 Å². The first-order chi connectivity index (χ1) is 16.2. The van der Waals surface area contributed by atoms with Crippen LogP contribution in [0.5, 0.6) is 0 Å². The number of aromatic nitrogens is 3. The Bertz CT molecular complexity index is 1030. The molecule has 1 N–H and O–H groups in total. The number of amides is 1. The number of piperidine rings is 1. The maximum absolute atomic E-state index is 12.9. The van der Waals surface area contributed by atoms with Crippen LogP contribution in [0.2, 0.25) is 0 Å². The van der Waals surface area contributed by atoms with Gasteiger partial charge in [0.15, 0.2) is 0 Å². The maximum atomic E-state index is 12.9. The molecule has 174 valence electrons. The van der Waals surface area contributed by atoms with E-state index >= 15 is 0 Å². The van der Waals surface area contributed by atoms with Crippen molar-refractivity contribution in [2.45, 2.75) is 58.0 Å². The number of benzene rings is 1. The maximum Gasteiger partial charge on any atom is 0.223 e. The molecule has 33 heavy (non-hydrogen) atoms. The lowest BCUT2D eigenvalue weighted by atomic mass is 9.85. The van der Waals surface area contributed by atoms with Crippen molar-refractivity contribution >= 4 is 5.91 Å². The number of carbonyl (C=O) groups excluding carboxylic acids is 1. The molecule has 1 saturated heterocycles. The monoisotopic (exact) mass is 445 g/mol. The van der Waals surface area contributed by atoms with Gasteiger partial charge in [-0.3, -0.25) is 9.69 Å². The molecule has 2 atom stereocenters. The Morgan fingerprint density at radius 1 is 1.00 bits per heavy atom. The number of nitrogens with zero attached hydrogens (tertiary/aromatic N) is 4. The molecule has 3 heterocycles. The third kappa shape index (κ3) is 4.91. The molecule has 1 saturated carbocycles. The highest BCUT2D eigenvalue weighted by Crippen LogP contribution is 2.27. The molecule has 1 aliphatic carbocycles. The molecule has 0 spiro atoms. The number of carbonyl (C=O) groups is 1. The summed E-state index contributed by atoms with van der Waals surface area (Å²) in [6, 6.07) is 14.7. The van der Waals surface area contributed by atoms with Gasteiger partial charge in [-0.1, -0.05) is 38.0 Å². The predicted octanol–water partition coefficient (Wildman–Crippen LogP) is 4.57. The zero-order valence-electron chi connectivity index (χ0n) is 19.6. The summed E-state index contributed by atoms with van der Waals surface area (Å²) in [6.45, 7) is 5.01. The Morgan fingerprint density at radius 2 is 1.73 bits per heavy atom. The van der Waals surface area contributed by atoms with Gasteiger partial charge >= 0.3 is 0 Å². The summed E-state index contributed by atoms with van der Waals surface area (Å²) in [4.78, 5) is 15.4. The van der Waals surface area contributed by atoms with Crippen molar-refractivity contribution in [2.75, 3.05) is 13.1 Å². The Balaban J connectivity index is 1.24. The fraction of sp³-hybridized carbons (Fsp3) is 0.481. The van der Waals surface area contributed by atoms with Gasteiger partial charge in [0.25, 0.3) is 0 Å². The van der Waals surface area contributed by atoms with Gasteiger partial charge in [0.05, 0.1) is 11.9 Å². The second kappa shape index (κ2) is 9.96. The van der Waals surface area contributed by atoms with Crippen LogP contribution in [0.25, 0.3) is 11.5 Å². The zero-order valence-corrected chi connectivity index (χ0v) is 19.6. The highest BCUT2D eigenvalue weighted by atomic mass is 16.2. The van der Waals surface area contributed by atoms with Crippen molar-refractivity contribution in [3.05, 3.63) is 66.6 Å². The molecule has 6 nitrogen and oxygen atoms in total. The van der Waals surface area contributed by atoms with Crippen LogP contribution < -0.4 is 5.32 Å². The smallest absolute Gasteiger partial charge is 0.223 e. The number of hydrogen-bond acceptors (Lipinski definition) is 3. The van der Waals surface area contributed by atoms with E-state index in [1.165, 1.54) is 24.8 Å².